The van der Waals surface area contributed by atoms with Crippen molar-refractivity contribution < 1.29 is 23.6 Å². The average Bonchev–Trinajstić information content (AvgIpc) is 2.88. The molecule has 1 aromatic carbocycles. The number of nitrogens with zero attached hydrogens (tertiary/aromatic N) is 1. The summed E-state index contributed by atoms with van der Waals surface area (Å²) >= 11 is 0. The molecule has 1 aliphatic heterocycles. The van der Waals surface area contributed by atoms with E-state index in [-0.39, 0.29) is 13.0 Å². The largest absolute Gasteiger partial charge is 0.444 e. The van der Waals surface area contributed by atoms with Gasteiger partial charge in [0.05, 0.1) is 29.6 Å². The Labute approximate surface area is 170 Å². The summed E-state index contributed by atoms with van der Waals surface area (Å²) in [6.45, 7) is 14.9. The van der Waals surface area contributed by atoms with Gasteiger partial charge in [0.1, 0.15) is 11.3 Å². The predicted octanol–water partition coefficient (Wildman–Crippen LogP) is 3.74. The monoisotopic (exact) mass is 409 g/mol. The molecule has 1 N–H and O–H groups in total. The standard InChI is InChI=1S/C21H31NO5S/c1-14-8-10-16(11-9-14)28(25)15(2)12-18(23)17-13-26-21(6,7)22(17)19(24)27-20(3,4)5/h8-11,17-18,23H,2,12-13H2,1,3-7H3/t17-,18+,28?/m0/s1. The van der Waals surface area contributed by atoms with Crippen LogP contribution in [0.3, 0.4) is 0 Å². The van der Waals surface area contributed by atoms with Gasteiger partial charge in [0, 0.05) is 16.2 Å². The highest BCUT2D eigenvalue weighted by atomic mass is 32.2. The van der Waals surface area contributed by atoms with Crippen molar-refractivity contribution in [3.05, 3.63) is 41.3 Å². The molecule has 1 heterocycles. The maximum Gasteiger partial charge on any atom is 0.412 e. The second kappa shape index (κ2) is 8.35. The number of amides is 1. The second-order valence-corrected chi connectivity index (χ2v) is 10.2. The Kier molecular flexibility index (Phi) is 6.74. The van der Waals surface area contributed by atoms with Gasteiger partial charge in [0.2, 0.25) is 0 Å². The van der Waals surface area contributed by atoms with E-state index in [9.17, 15) is 14.1 Å². The first-order valence-corrected chi connectivity index (χ1v) is 10.5. The Bertz CT molecular complexity index is 751. The minimum absolute atomic E-state index is 0.0872. The minimum Gasteiger partial charge on any atom is -0.444 e. The van der Waals surface area contributed by atoms with Gasteiger partial charge < -0.3 is 14.6 Å². The lowest BCUT2D eigenvalue weighted by molar-refractivity contribution is -0.0676. The highest BCUT2D eigenvalue weighted by Gasteiger charge is 2.48. The van der Waals surface area contributed by atoms with Crippen LogP contribution in [0.2, 0.25) is 0 Å². The van der Waals surface area contributed by atoms with Gasteiger partial charge in [-0.3, -0.25) is 4.90 Å². The van der Waals surface area contributed by atoms with Crippen molar-refractivity contribution in [1.29, 1.82) is 0 Å². The fourth-order valence-electron chi connectivity index (χ4n) is 3.06. The summed E-state index contributed by atoms with van der Waals surface area (Å²) in [6.07, 6.45) is -1.44. The first kappa shape index (κ1) is 22.6. The maximum absolute atomic E-state index is 12.7. The van der Waals surface area contributed by atoms with Gasteiger partial charge >= 0.3 is 6.09 Å². The molecule has 0 aliphatic carbocycles. The molecular weight excluding hydrogens is 378 g/mol. The first-order valence-electron chi connectivity index (χ1n) is 9.32. The summed E-state index contributed by atoms with van der Waals surface area (Å²) in [4.78, 5) is 15.1. The lowest BCUT2D eigenvalue weighted by Gasteiger charge is -2.36. The number of hydrogen-bond donors (Lipinski definition) is 1. The molecule has 6 nitrogen and oxygen atoms in total. The summed E-state index contributed by atoms with van der Waals surface area (Å²) in [5, 5.41) is 10.8. The molecular formula is C21H31NO5S. The predicted molar refractivity (Wildman–Crippen MR) is 109 cm³/mol. The van der Waals surface area contributed by atoms with E-state index in [4.69, 9.17) is 9.47 Å². The lowest BCUT2D eigenvalue weighted by Crippen LogP contribution is -2.53. The van der Waals surface area contributed by atoms with Crippen molar-refractivity contribution in [2.75, 3.05) is 6.61 Å². The normalized spacial score (nSPS) is 21.2. The molecule has 1 fully saturated rings. The third-order valence-electron chi connectivity index (χ3n) is 4.49. The topological polar surface area (TPSA) is 76.1 Å². The highest BCUT2D eigenvalue weighted by molar-refractivity contribution is 7.89. The molecule has 3 atom stereocenters. The molecule has 0 bridgehead atoms. The van der Waals surface area contributed by atoms with E-state index in [2.05, 4.69) is 6.58 Å². The fourth-order valence-corrected chi connectivity index (χ4v) is 4.09. The summed E-state index contributed by atoms with van der Waals surface area (Å²) in [5.41, 5.74) is -0.502. The molecule has 28 heavy (non-hydrogen) atoms. The molecule has 1 amide bonds. The Balaban J connectivity index is 2.11. The SMILES string of the molecule is C=C(C[C@@H](O)[C@@H]1COC(C)(C)N1C(=O)OC(C)(C)C)S(=O)c1ccc(C)cc1. The summed E-state index contributed by atoms with van der Waals surface area (Å²) < 4.78 is 23.9. The van der Waals surface area contributed by atoms with E-state index in [0.717, 1.165) is 5.56 Å². The van der Waals surface area contributed by atoms with Crippen LogP contribution in [-0.4, -0.2) is 50.4 Å². The third-order valence-corrected chi connectivity index (χ3v) is 5.88. The number of aliphatic hydroxyl groups is 1. The van der Waals surface area contributed by atoms with Crippen molar-refractivity contribution in [3.8, 4) is 0 Å². The van der Waals surface area contributed by atoms with E-state index in [0.29, 0.717) is 9.80 Å². The van der Waals surface area contributed by atoms with Crippen LogP contribution in [0.5, 0.6) is 0 Å². The van der Waals surface area contributed by atoms with Crippen LogP contribution in [-0.2, 0) is 20.3 Å². The number of ether oxygens (including phenoxy) is 2. The molecule has 0 aromatic heterocycles. The molecule has 7 heteroatoms. The Morgan fingerprint density at radius 1 is 1.39 bits per heavy atom. The zero-order valence-electron chi connectivity index (χ0n) is 17.5. The number of hydrogen-bond acceptors (Lipinski definition) is 5. The minimum atomic E-state index is -1.44. The number of aryl methyl sites for hydroxylation is 1. The summed E-state index contributed by atoms with van der Waals surface area (Å²) in [5.74, 6) is 0. The number of aliphatic hydroxyl groups excluding tert-OH is 1. The van der Waals surface area contributed by atoms with Gasteiger partial charge in [-0.2, -0.15) is 0 Å². The second-order valence-electron chi connectivity index (χ2n) is 8.57. The molecule has 156 valence electrons. The lowest BCUT2D eigenvalue weighted by atomic mass is 10.1. The van der Waals surface area contributed by atoms with Crippen LogP contribution in [0.25, 0.3) is 0 Å². The smallest absolute Gasteiger partial charge is 0.412 e. The van der Waals surface area contributed by atoms with Crippen molar-refractivity contribution in [2.24, 2.45) is 0 Å². The van der Waals surface area contributed by atoms with Crippen LogP contribution in [0.15, 0.2) is 40.6 Å². The molecule has 1 aliphatic rings. The van der Waals surface area contributed by atoms with Crippen LogP contribution in [0.1, 0.15) is 46.6 Å². The van der Waals surface area contributed by atoms with Crippen molar-refractivity contribution in [1.82, 2.24) is 4.90 Å². The Morgan fingerprint density at radius 3 is 2.50 bits per heavy atom. The molecule has 1 unspecified atom stereocenters. The zero-order valence-corrected chi connectivity index (χ0v) is 18.3. The zero-order chi connectivity index (χ0) is 21.3. The molecule has 1 aromatic rings. The van der Waals surface area contributed by atoms with Gasteiger partial charge in [0.25, 0.3) is 0 Å². The Morgan fingerprint density at radius 2 is 1.96 bits per heavy atom. The van der Waals surface area contributed by atoms with Gasteiger partial charge in [0.15, 0.2) is 0 Å². The first-order chi connectivity index (χ1) is 12.8. The van der Waals surface area contributed by atoms with Crippen molar-refractivity contribution in [2.45, 2.75) is 76.3 Å². The van der Waals surface area contributed by atoms with Crippen molar-refractivity contribution >= 4 is 16.9 Å². The third kappa shape index (κ3) is 5.43. The number of carbonyl (C=O) groups excluding carboxylic acids is 1. The van der Waals surface area contributed by atoms with Crippen LogP contribution >= 0.6 is 0 Å². The molecule has 1 saturated heterocycles. The fraction of sp³-hybridized carbons (Fsp3) is 0.571. The molecule has 0 spiro atoms. The number of carbonyl (C=O) groups is 1. The highest BCUT2D eigenvalue weighted by Crippen LogP contribution is 2.32. The quantitative estimate of drug-likeness (QED) is 0.802. The van der Waals surface area contributed by atoms with Gasteiger partial charge in [-0.15, -0.1) is 0 Å². The van der Waals surface area contributed by atoms with E-state index in [1.165, 1.54) is 4.90 Å². The van der Waals surface area contributed by atoms with Gasteiger partial charge in [-0.05, 0) is 53.7 Å². The van der Waals surface area contributed by atoms with Crippen LogP contribution in [0.4, 0.5) is 4.79 Å². The number of rotatable bonds is 5. The number of benzene rings is 1. The molecule has 0 saturated carbocycles. The molecule has 2 rings (SSSR count). The Hall–Kier alpha value is -1.70. The van der Waals surface area contributed by atoms with E-state index >= 15 is 0 Å². The van der Waals surface area contributed by atoms with Crippen molar-refractivity contribution in [3.63, 3.8) is 0 Å². The van der Waals surface area contributed by atoms with Gasteiger partial charge in [-0.25, -0.2) is 9.00 Å². The van der Waals surface area contributed by atoms with E-state index < -0.39 is 40.4 Å². The summed E-state index contributed by atoms with van der Waals surface area (Å²) in [6, 6.07) is 6.73. The van der Waals surface area contributed by atoms with Crippen LogP contribution < -0.4 is 0 Å². The van der Waals surface area contributed by atoms with E-state index in [1.807, 2.05) is 19.1 Å². The van der Waals surface area contributed by atoms with Crippen LogP contribution in [0, 0.1) is 6.92 Å². The summed E-state index contributed by atoms with van der Waals surface area (Å²) in [7, 11) is -1.44. The average molecular weight is 410 g/mol. The van der Waals surface area contributed by atoms with Gasteiger partial charge in [-0.1, -0.05) is 24.3 Å². The maximum atomic E-state index is 12.7. The van der Waals surface area contributed by atoms with E-state index in [1.54, 1.807) is 46.8 Å². The molecule has 0 radical (unpaired) electrons.